The number of aromatic amines is 1. The van der Waals surface area contributed by atoms with Gasteiger partial charge in [-0.2, -0.15) is 14.8 Å². The molecule has 8 heteroatoms. The van der Waals surface area contributed by atoms with Crippen LogP contribution in [0.5, 0.6) is 0 Å². The van der Waals surface area contributed by atoms with Gasteiger partial charge < -0.3 is 15.2 Å². The number of likely N-dealkylation sites (tertiary alicyclic amines) is 1. The van der Waals surface area contributed by atoms with Crippen LogP contribution in [-0.2, 0) is 11.3 Å². The molecule has 0 atom stereocenters. The second-order valence-electron chi connectivity index (χ2n) is 8.48. The molecule has 1 amide bonds. The third-order valence-corrected chi connectivity index (χ3v) is 6.39. The van der Waals surface area contributed by atoms with Gasteiger partial charge >= 0.3 is 0 Å². The van der Waals surface area contributed by atoms with E-state index in [9.17, 15) is 4.79 Å². The second kappa shape index (κ2) is 8.90. The SMILES string of the molecule is C=CC(=C)N1CCC(CC(=O)NCc2cc3c(-c4cnn5ncccc45)ccnc3[nH]2)CC1. The number of rotatable bonds is 7. The molecular formula is C25H27N7O. The quantitative estimate of drug-likeness (QED) is 0.427. The van der Waals surface area contributed by atoms with E-state index in [0.29, 0.717) is 18.9 Å². The van der Waals surface area contributed by atoms with Crippen molar-refractivity contribution in [3.8, 4) is 11.1 Å². The summed E-state index contributed by atoms with van der Waals surface area (Å²) >= 11 is 0. The number of nitrogens with zero attached hydrogens (tertiary/aromatic N) is 5. The van der Waals surface area contributed by atoms with E-state index in [1.165, 1.54) is 0 Å². The highest BCUT2D eigenvalue weighted by Gasteiger charge is 2.21. The van der Waals surface area contributed by atoms with Crippen LogP contribution in [0.2, 0.25) is 0 Å². The van der Waals surface area contributed by atoms with Crippen LogP contribution >= 0.6 is 0 Å². The average Bonchev–Trinajstić information content (AvgIpc) is 3.46. The van der Waals surface area contributed by atoms with E-state index in [4.69, 9.17) is 0 Å². The highest BCUT2D eigenvalue weighted by molar-refractivity contribution is 5.97. The molecule has 0 aromatic carbocycles. The maximum absolute atomic E-state index is 12.6. The zero-order chi connectivity index (χ0) is 22.8. The minimum Gasteiger partial charge on any atom is -0.372 e. The fourth-order valence-corrected chi connectivity index (χ4v) is 4.53. The van der Waals surface area contributed by atoms with Gasteiger partial charge in [0.1, 0.15) is 5.65 Å². The van der Waals surface area contributed by atoms with Crippen molar-refractivity contribution in [3.63, 3.8) is 0 Å². The van der Waals surface area contributed by atoms with Crippen LogP contribution in [0.1, 0.15) is 25.0 Å². The highest BCUT2D eigenvalue weighted by atomic mass is 16.1. The molecule has 8 nitrogen and oxygen atoms in total. The number of allylic oxidation sites excluding steroid dienone is 1. The molecule has 168 valence electrons. The van der Waals surface area contributed by atoms with Crippen LogP contribution in [0.25, 0.3) is 27.7 Å². The van der Waals surface area contributed by atoms with Gasteiger partial charge in [-0.1, -0.05) is 13.2 Å². The third-order valence-electron chi connectivity index (χ3n) is 6.39. The predicted molar refractivity (Wildman–Crippen MR) is 128 cm³/mol. The Labute approximate surface area is 192 Å². The largest absolute Gasteiger partial charge is 0.372 e. The molecule has 1 saturated heterocycles. The molecular weight excluding hydrogens is 414 g/mol. The summed E-state index contributed by atoms with van der Waals surface area (Å²) < 4.78 is 1.62. The molecule has 33 heavy (non-hydrogen) atoms. The lowest BCUT2D eigenvalue weighted by Crippen LogP contribution is -2.34. The second-order valence-corrected chi connectivity index (χ2v) is 8.48. The minimum absolute atomic E-state index is 0.0801. The number of nitrogens with one attached hydrogen (secondary N) is 2. The van der Waals surface area contributed by atoms with Crippen molar-refractivity contribution < 1.29 is 4.79 Å². The summed E-state index contributed by atoms with van der Waals surface area (Å²) in [5.74, 6) is 0.482. The molecule has 4 aromatic heterocycles. The summed E-state index contributed by atoms with van der Waals surface area (Å²) in [7, 11) is 0. The zero-order valence-corrected chi connectivity index (χ0v) is 18.5. The molecule has 1 aliphatic rings. The van der Waals surface area contributed by atoms with Gasteiger partial charge in [-0.3, -0.25) is 4.79 Å². The van der Waals surface area contributed by atoms with Crippen LogP contribution in [0.3, 0.4) is 0 Å². The average molecular weight is 442 g/mol. The summed E-state index contributed by atoms with van der Waals surface area (Å²) in [6, 6.07) is 7.93. The first-order chi connectivity index (χ1) is 16.1. The number of pyridine rings is 1. The van der Waals surface area contributed by atoms with Crippen molar-refractivity contribution in [2.75, 3.05) is 13.1 Å². The van der Waals surface area contributed by atoms with Crippen molar-refractivity contribution in [2.45, 2.75) is 25.8 Å². The third kappa shape index (κ3) is 4.24. The van der Waals surface area contributed by atoms with Crippen LogP contribution in [0.15, 0.2) is 67.8 Å². The first-order valence-electron chi connectivity index (χ1n) is 11.2. The number of amides is 1. The van der Waals surface area contributed by atoms with Gasteiger partial charge in [0.25, 0.3) is 0 Å². The number of aromatic nitrogens is 5. The van der Waals surface area contributed by atoms with Crippen molar-refractivity contribution in [1.82, 2.24) is 35.0 Å². The molecule has 0 bridgehead atoms. The maximum Gasteiger partial charge on any atom is 0.220 e. The first-order valence-corrected chi connectivity index (χ1v) is 11.2. The van der Waals surface area contributed by atoms with Crippen LogP contribution in [0.4, 0.5) is 0 Å². The Morgan fingerprint density at radius 1 is 1.21 bits per heavy atom. The standard InChI is InChI=1S/C25H27N7O/c1-3-17(2)31-11-7-18(8-12-31)13-24(33)27-15-19-14-21-20(6-10-26-25(21)30-19)22-16-29-32-23(22)5-4-9-28-32/h3-6,9-10,14,16,18H,1-2,7-8,11-13,15H2,(H,26,30)(H,27,33). The van der Waals surface area contributed by atoms with Gasteiger partial charge in [0.15, 0.2) is 0 Å². The van der Waals surface area contributed by atoms with Gasteiger partial charge in [-0.15, -0.1) is 0 Å². The van der Waals surface area contributed by atoms with Gasteiger partial charge in [0.2, 0.25) is 5.91 Å². The Kier molecular flexibility index (Phi) is 5.64. The number of piperidine rings is 1. The zero-order valence-electron chi connectivity index (χ0n) is 18.5. The predicted octanol–water partition coefficient (Wildman–Crippen LogP) is 3.69. The normalized spacial score (nSPS) is 14.6. The Bertz CT molecular complexity index is 1330. The Morgan fingerprint density at radius 2 is 2.06 bits per heavy atom. The lowest BCUT2D eigenvalue weighted by atomic mass is 9.93. The van der Waals surface area contributed by atoms with Crippen LogP contribution in [0, 0.1) is 5.92 Å². The molecule has 4 aromatic rings. The van der Waals surface area contributed by atoms with Crippen LogP contribution < -0.4 is 5.32 Å². The lowest BCUT2D eigenvalue weighted by Gasteiger charge is -2.33. The molecule has 0 radical (unpaired) electrons. The number of fused-ring (bicyclic) bond motifs is 2. The van der Waals surface area contributed by atoms with Crippen molar-refractivity contribution in [1.29, 1.82) is 0 Å². The van der Waals surface area contributed by atoms with Crippen molar-refractivity contribution in [3.05, 3.63) is 73.5 Å². The number of carbonyl (C=O) groups excluding carboxylic acids is 1. The Balaban J connectivity index is 1.24. The summed E-state index contributed by atoms with van der Waals surface area (Å²) in [6.45, 7) is 10.1. The molecule has 5 rings (SSSR count). The molecule has 5 heterocycles. The van der Waals surface area contributed by atoms with E-state index in [0.717, 1.165) is 65.0 Å². The fraction of sp³-hybridized carbons (Fsp3) is 0.280. The maximum atomic E-state index is 12.6. The topological polar surface area (TPSA) is 91.2 Å². The van der Waals surface area contributed by atoms with E-state index in [1.807, 2.05) is 24.4 Å². The monoisotopic (exact) mass is 441 g/mol. The fourth-order valence-electron chi connectivity index (χ4n) is 4.53. The lowest BCUT2D eigenvalue weighted by molar-refractivity contribution is -0.122. The molecule has 0 unspecified atom stereocenters. The number of hydrogen-bond donors (Lipinski definition) is 2. The molecule has 1 fully saturated rings. The van der Waals surface area contributed by atoms with Crippen molar-refractivity contribution in [2.24, 2.45) is 5.92 Å². The summed E-state index contributed by atoms with van der Waals surface area (Å²) in [5.41, 5.74) is 5.63. The summed E-state index contributed by atoms with van der Waals surface area (Å²) in [6.07, 6.45) is 9.64. The molecule has 0 aliphatic carbocycles. The van der Waals surface area contributed by atoms with Gasteiger partial charge in [0, 0.05) is 54.2 Å². The number of carbonyl (C=O) groups is 1. The van der Waals surface area contributed by atoms with Crippen molar-refractivity contribution >= 4 is 22.5 Å². The highest BCUT2D eigenvalue weighted by Crippen LogP contribution is 2.31. The van der Waals surface area contributed by atoms with Gasteiger partial charge in [-0.25, -0.2) is 4.98 Å². The molecule has 1 aliphatic heterocycles. The van der Waals surface area contributed by atoms with E-state index in [1.54, 1.807) is 23.1 Å². The Morgan fingerprint density at radius 3 is 2.88 bits per heavy atom. The summed E-state index contributed by atoms with van der Waals surface area (Å²) in [5, 5.41) is 12.7. The molecule has 0 spiro atoms. The number of H-pyrrole nitrogens is 1. The first kappa shape index (κ1) is 20.9. The van der Waals surface area contributed by atoms with E-state index < -0.39 is 0 Å². The minimum atomic E-state index is 0.0801. The number of hydrogen-bond acceptors (Lipinski definition) is 5. The van der Waals surface area contributed by atoms with E-state index in [2.05, 4.69) is 49.6 Å². The van der Waals surface area contributed by atoms with E-state index >= 15 is 0 Å². The van der Waals surface area contributed by atoms with Gasteiger partial charge in [-0.05, 0) is 54.7 Å². The smallest absolute Gasteiger partial charge is 0.220 e. The molecule has 2 N–H and O–H groups in total. The van der Waals surface area contributed by atoms with E-state index in [-0.39, 0.29) is 5.91 Å². The Hall–Kier alpha value is -3.94. The van der Waals surface area contributed by atoms with Gasteiger partial charge in [0.05, 0.1) is 18.3 Å². The summed E-state index contributed by atoms with van der Waals surface area (Å²) in [4.78, 5) is 22.6. The van der Waals surface area contributed by atoms with Crippen LogP contribution in [-0.4, -0.2) is 48.7 Å². The molecule has 0 saturated carbocycles.